The van der Waals surface area contributed by atoms with E-state index in [-0.39, 0.29) is 19.0 Å². The molecule has 0 heterocycles. The van der Waals surface area contributed by atoms with Gasteiger partial charge in [0.1, 0.15) is 37.1 Å². The van der Waals surface area contributed by atoms with E-state index in [9.17, 15) is 9.18 Å². The van der Waals surface area contributed by atoms with E-state index >= 15 is 0 Å². The monoisotopic (exact) mass is 406 g/mol. The van der Waals surface area contributed by atoms with Crippen LogP contribution in [0.5, 0.6) is 11.5 Å². The van der Waals surface area contributed by atoms with Gasteiger partial charge in [-0.1, -0.05) is 43.0 Å². The van der Waals surface area contributed by atoms with Crippen LogP contribution >= 0.6 is 0 Å². The maximum Gasteiger partial charge on any atom is 0.333 e. The van der Waals surface area contributed by atoms with Crippen LogP contribution in [0.1, 0.15) is 12.5 Å². The molecule has 4 nitrogen and oxygen atoms in total. The maximum absolute atomic E-state index is 12.9. The first-order valence-corrected chi connectivity index (χ1v) is 9.54. The second kappa shape index (κ2) is 10.3. The summed E-state index contributed by atoms with van der Waals surface area (Å²) in [5.41, 5.74) is 3.36. The zero-order valence-corrected chi connectivity index (χ0v) is 16.8. The largest absolute Gasteiger partial charge is 0.490 e. The Morgan fingerprint density at radius 1 is 0.800 bits per heavy atom. The molecule has 3 aromatic carbocycles. The minimum absolute atomic E-state index is 0.173. The van der Waals surface area contributed by atoms with Crippen LogP contribution in [0.15, 0.2) is 84.9 Å². The minimum Gasteiger partial charge on any atom is -0.490 e. The van der Waals surface area contributed by atoms with E-state index in [1.807, 2.05) is 48.5 Å². The Kier molecular flexibility index (Phi) is 7.22. The Hall–Kier alpha value is -3.60. The van der Waals surface area contributed by atoms with Crippen LogP contribution in [0, 0.1) is 5.82 Å². The highest BCUT2D eigenvalue weighted by Gasteiger charge is 2.04. The summed E-state index contributed by atoms with van der Waals surface area (Å²) in [4.78, 5) is 11.3. The molecule has 0 unspecified atom stereocenters. The number of halogens is 1. The molecule has 0 radical (unpaired) electrons. The van der Waals surface area contributed by atoms with Gasteiger partial charge in [-0.2, -0.15) is 0 Å². The maximum atomic E-state index is 12.9. The molecule has 0 saturated carbocycles. The van der Waals surface area contributed by atoms with Gasteiger partial charge in [-0.3, -0.25) is 0 Å². The van der Waals surface area contributed by atoms with E-state index in [1.54, 1.807) is 19.1 Å². The van der Waals surface area contributed by atoms with Crippen LogP contribution in [0.3, 0.4) is 0 Å². The van der Waals surface area contributed by atoms with Gasteiger partial charge in [0.15, 0.2) is 0 Å². The number of hydrogen-bond acceptors (Lipinski definition) is 4. The molecule has 0 aliphatic rings. The zero-order valence-electron chi connectivity index (χ0n) is 16.8. The number of hydrogen-bond donors (Lipinski definition) is 0. The molecule has 5 heteroatoms. The van der Waals surface area contributed by atoms with Crippen molar-refractivity contribution in [3.05, 3.63) is 96.3 Å². The second-order valence-corrected chi connectivity index (χ2v) is 6.73. The lowest BCUT2D eigenvalue weighted by molar-refractivity contribution is -0.139. The molecule has 154 valence electrons. The molecular formula is C25H23FO4. The van der Waals surface area contributed by atoms with Crippen LogP contribution in [0.25, 0.3) is 11.1 Å². The van der Waals surface area contributed by atoms with Crippen molar-refractivity contribution in [1.82, 2.24) is 0 Å². The summed E-state index contributed by atoms with van der Waals surface area (Å²) in [6.07, 6.45) is 0. The number of rotatable bonds is 9. The molecule has 0 atom stereocenters. The van der Waals surface area contributed by atoms with E-state index in [1.165, 1.54) is 12.1 Å². The van der Waals surface area contributed by atoms with Gasteiger partial charge < -0.3 is 14.2 Å². The fraction of sp³-hybridized carbons (Fsp3) is 0.160. The van der Waals surface area contributed by atoms with Crippen molar-refractivity contribution in [2.75, 3.05) is 13.2 Å². The highest BCUT2D eigenvalue weighted by atomic mass is 19.1. The van der Waals surface area contributed by atoms with Crippen molar-refractivity contribution in [3.8, 4) is 22.6 Å². The van der Waals surface area contributed by atoms with Gasteiger partial charge in [-0.15, -0.1) is 0 Å². The van der Waals surface area contributed by atoms with Gasteiger partial charge in [0.05, 0.1) is 0 Å². The molecular weight excluding hydrogens is 383 g/mol. The number of ether oxygens (including phenoxy) is 3. The first-order chi connectivity index (χ1) is 14.5. The standard InChI is InChI=1S/C25H23FO4/c1-18(2)25(27)29-16-15-28-23-11-5-20(6-12-23)21-7-13-24(14-8-21)30-17-19-3-9-22(26)10-4-19/h3-14H,1,15-17H2,2H3. The molecule has 0 aliphatic heterocycles. The molecule has 0 bridgehead atoms. The summed E-state index contributed by atoms with van der Waals surface area (Å²) in [6.45, 7) is 5.96. The third kappa shape index (κ3) is 6.21. The Labute approximate surface area is 175 Å². The quantitative estimate of drug-likeness (QED) is 0.265. The fourth-order valence-electron chi connectivity index (χ4n) is 2.65. The number of esters is 1. The van der Waals surface area contributed by atoms with Crippen molar-refractivity contribution in [1.29, 1.82) is 0 Å². The van der Waals surface area contributed by atoms with Crippen LogP contribution in [-0.4, -0.2) is 19.2 Å². The van der Waals surface area contributed by atoms with Gasteiger partial charge in [0.25, 0.3) is 0 Å². The molecule has 0 N–H and O–H groups in total. The van der Waals surface area contributed by atoms with Gasteiger partial charge in [-0.05, 0) is 60.0 Å². The summed E-state index contributed by atoms with van der Waals surface area (Å²) < 4.78 is 29.3. The number of benzene rings is 3. The smallest absolute Gasteiger partial charge is 0.333 e. The van der Waals surface area contributed by atoms with Gasteiger partial charge in [-0.25, -0.2) is 9.18 Å². The van der Waals surface area contributed by atoms with Crippen LogP contribution in [0.2, 0.25) is 0 Å². The van der Waals surface area contributed by atoms with E-state index in [0.717, 1.165) is 22.4 Å². The minimum atomic E-state index is -0.418. The van der Waals surface area contributed by atoms with E-state index < -0.39 is 5.97 Å². The third-order valence-corrected chi connectivity index (χ3v) is 4.29. The topological polar surface area (TPSA) is 44.8 Å². The Morgan fingerprint density at radius 3 is 1.87 bits per heavy atom. The van der Waals surface area contributed by atoms with Crippen LogP contribution in [0.4, 0.5) is 4.39 Å². The van der Waals surface area contributed by atoms with Crippen molar-refractivity contribution >= 4 is 5.97 Å². The van der Waals surface area contributed by atoms with Crippen molar-refractivity contribution < 1.29 is 23.4 Å². The molecule has 0 saturated heterocycles. The second-order valence-electron chi connectivity index (χ2n) is 6.73. The molecule has 0 aromatic heterocycles. The first kappa shape index (κ1) is 21.1. The Bertz CT molecular complexity index is 977. The SMILES string of the molecule is C=C(C)C(=O)OCCOc1ccc(-c2ccc(OCc3ccc(F)cc3)cc2)cc1. The Morgan fingerprint density at radius 2 is 1.33 bits per heavy atom. The lowest BCUT2D eigenvalue weighted by Gasteiger charge is -2.09. The predicted octanol–water partition coefficient (Wildman–Crippen LogP) is 5.57. The van der Waals surface area contributed by atoms with Crippen molar-refractivity contribution in [2.45, 2.75) is 13.5 Å². The lowest BCUT2D eigenvalue weighted by Crippen LogP contribution is -2.12. The van der Waals surface area contributed by atoms with Gasteiger partial charge in [0.2, 0.25) is 0 Å². The molecule has 3 rings (SSSR count). The molecule has 0 amide bonds. The lowest BCUT2D eigenvalue weighted by atomic mass is 10.1. The fourth-order valence-corrected chi connectivity index (χ4v) is 2.65. The molecule has 0 aliphatic carbocycles. The summed E-state index contributed by atoms with van der Waals surface area (Å²) in [7, 11) is 0. The average molecular weight is 406 g/mol. The van der Waals surface area contributed by atoms with Crippen molar-refractivity contribution in [2.24, 2.45) is 0 Å². The molecule has 3 aromatic rings. The number of carbonyl (C=O) groups is 1. The average Bonchev–Trinajstić information content (AvgIpc) is 2.77. The molecule has 0 fully saturated rings. The highest BCUT2D eigenvalue weighted by Crippen LogP contribution is 2.25. The van der Waals surface area contributed by atoms with E-state index in [0.29, 0.717) is 17.9 Å². The van der Waals surface area contributed by atoms with Gasteiger partial charge in [0, 0.05) is 5.57 Å². The van der Waals surface area contributed by atoms with Crippen molar-refractivity contribution in [3.63, 3.8) is 0 Å². The zero-order chi connectivity index (χ0) is 21.3. The number of carbonyl (C=O) groups excluding carboxylic acids is 1. The van der Waals surface area contributed by atoms with Gasteiger partial charge >= 0.3 is 5.97 Å². The third-order valence-electron chi connectivity index (χ3n) is 4.29. The first-order valence-electron chi connectivity index (χ1n) is 9.54. The summed E-state index contributed by atoms with van der Waals surface area (Å²) in [5.74, 6) is 0.765. The summed E-state index contributed by atoms with van der Waals surface area (Å²) in [6, 6.07) is 21.7. The van der Waals surface area contributed by atoms with E-state index in [2.05, 4.69) is 6.58 Å². The molecule has 0 spiro atoms. The summed E-state index contributed by atoms with van der Waals surface area (Å²) in [5, 5.41) is 0. The Balaban J connectivity index is 1.49. The van der Waals surface area contributed by atoms with Crippen LogP contribution < -0.4 is 9.47 Å². The van der Waals surface area contributed by atoms with Crippen LogP contribution in [-0.2, 0) is 16.1 Å². The van der Waals surface area contributed by atoms with E-state index in [4.69, 9.17) is 14.2 Å². The normalized spacial score (nSPS) is 10.3. The summed E-state index contributed by atoms with van der Waals surface area (Å²) >= 11 is 0. The molecule has 30 heavy (non-hydrogen) atoms. The highest BCUT2D eigenvalue weighted by molar-refractivity contribution is 5.86. The predicted molar refractivity (Wildman–Crippen MR) is 114 cm³/mol.